The van der Waals surface area contributed by atoms with Gasteiger partial charge in [0.25, 0.3) is 5.91 Å². The zero-order valence-corrected chi connectivity index (χ0v) is 20.3. The van der Waals surface area contributed by atoms with Crippen LogP contribution in [0, 0.1) is 0 Å². The summed E-state index contributed by atoms with van der Waals surface area (Å²) in [6, 6.07) is 16.1. The number of imide groups is 1. The first-order valence-electron chi connectivity index (χ1n) is 10.7. The number of rotatable bonds is 9. The number of hydrogen-bond donors (Lipinski definition) is 1. The number of carbonyl (C=O) groups is 2. The van der Waals surface area contributed by atoms with E-state index in [1.165, 1.54) is 12.3 Å². The van der Waals surface area contributed by atoms with Crippen molar-refractivity contribution in [1.29, 1.82) is 0 Å². The molecule has 8 nitrogen and oxygen atoms in total. The molecule has 180 valence electrons. The number of nitrogens with one attached hydrogen (secondary N) is 1. The lowest BCUT2D eigenvalue weighted by Crippen LogP contribution is -2.40. The second kappa shape index (κ2) is 12.5. The molecule has 0 aliphatic heterocycles. The monoisotopic (exact) mass is 491 g/mol. The van der Waals surface area contributed by atoms with Gasteiger partial charge in [0.1, 0.15) is 5.82 Å². The Bertz CT molecular complexity index is 1200. The SMILES string of the molecule is C=Cc1ccc(N(C(=O)Nc2ccc(C=NN(C)CCOC)cc2)C(=O)c2cccc(Cl)c2)nc1. The number of anilines is 2. The van der Waals surface area contributed by atoms with Crippen LogP contribution in [0.1, 0.15) is 21.5 Å². The lowest BCUT2D eigenvalue weighted by molar-refractivity contribution is 0.0995. The van der Waals surface area contributed by atoms with Crippen molar-refractivity contribution in [3.05, 3.63) is 95.2 Å². The Morgan fingerprint density at radius 1 is 1.14 bits per heavy atom. The third kappa shape index (κ3) is 7.23. The van der Waals surface area contributed by atoms with Gasteiger partial charge >= 0.3 is 6.03 Å². The van der Waals surface area contributed by atoms with Crippen molar-refractivity contribution in [2.75, 3.05) is 37.5 Å². The first kappa shape index (κ1) is 25.6. The number of amides is 3. The van der Waals surface area contributed by atoms with E-state index in [0.717, 1.165) is 16.0 Å². The van der Waals surface area contributed by atoms with E-state index in [0.29, 0.717) is 23.9 Å². The van der Waals surface area contributed by atoms with Crippen LogP contribution in [0.15, 0.2) is 78.5 Å². The van der Waals surface area contributed by atoms with Crippen molar-refractivity contribution in [3.63, 3.8) is 0 Å². The number of nitrogens with zero attached hydrogens (tertiary/aromatic N) is 4. The predicted octanol–water partition coefficient (Wildman–Crippen LogP) is 5.17. The second-order valence-corrected chi connectivity index (χ2v) is 7.91. The zero-order valence-electron chi connectivity index (χ0n) is 19.5. The number of likely N-dealkylation sites (N-methyl/N-ethyl adjacent to an activating group) is 1. The van der Waals surface area contributed by atoms with E-state index >= 15 is 0 Å². The molecule has 0 atom stereocenters. The molecule has 0 spiro atoms. The van der Waals surface area contributed by atoms with E-state index in [9.17, 15) is 9.59 Å². The summed E-state index contributed by atoms with van der Waals surface area (Å²) in [5.41, 5.74) is 2.37. The molecule has 1 N–H and O–H groups in total. The molecule has 0 unspecified atom stereocenters. The summed E-state index contributed by atoms with van der Waals surface area (Å²) in [6.45, 7) is 4.94. The van der Waals surface area contributed by atoms with Crippen molar-refractivity contribution in [2.45, 2.75) is 0 Å². The summed E-state index contributed by atoms with van der Waals surface area (Å²) in [6.07, 6.45) is 4.87. The molecule has 0 aliphatic rings. The van der Waals surface area contributed by atoms with E-state index in [2.05, 4.69) is 22.0 Å². The highest BCUT2D eigenvalue weighted by molar-refractivity contribution is 6.31. The summed E-state index contributed by atoms with van der Waals surface area (Å²) in [5, 5.41) is 9.24. The van der Waals surface area contributed by atoms with Gasteiger partial charge in [0.2, 0.25) is 0 Å². The van der Waals surface area contributed by atoms with Gasteiger partial charge in [-0.3, -0.25) is 9.80 Å². The Morgan fingerprint density at radius 2 is 1.89 bits per heavy atom. The molecule has 2 aromatic carbocycles. The molecule has 0 radical (unpaired) electrons. The van der Waals surface area contributed by atoms with Crippen LogP contribution in [0.25, 0.3) is 6.08 Å². The number of hydrogen-bond acceptors (Lipinski definition) is 6. The van der Waals surface area contributed by atoms with Crippen LogP contribution < -0.4 is 10.2 Å². The Morgan fingerprint density at radius 3 is 2.51 bits per heavy atom. The number of hydrazone groups is 1. The molecule has 9 heteroatoms. The molecule has 1 heterocycles. The second-order valence-electron chi connectivity index (χ2n) is 7.48. The van der Waals surface area contributed by atoms with Gasteiger partial charge in [0.15, 0.2) is 0 Å². The molecule has 0 fully saturated rings. The predicted molar refractivity (Wildman–Crippen MR) is 140 cm³/mol. The number of pyridine rings is 1. The molecule has 3 aromatic rings. The van der Waals surface area contributed by atoms with Gasteiger partial charge in [0.05, 0.1) is 19.4 Å². The topological polar surface area (TPSA) is 87.1 Å². The summed E-state index contributed by atoms with van der Waals surface area (Å²) < 4.78 is 5.03. The summed E-state index contributed by atoms with van der Waals surface area (Å²) in [4.78, 5) is 31.7. The Kier molecular flexibility index (Phi) is 9.11. The van der Waals surface area contributed by atoms with Crippen LogP contribution in [0.5, 0.6) is 0 Å². The maximum atomic E-state index is 13.3. The average Bonchev–Trinajstić information content (AvgIpc) is 2.87. The highest BCUT2D eigenvalue weighted by Gasteiger charge is 2.26. The Hall–Kier alpha value is -4.01. The fraction of sp³-hybridized carbons (Fsp3) is 0.154. The first-order chi connectivity index (χ1) is 16.9. The highest BCUT2D eigenvalue weighted by Crippen LogP contribution is 2.20. The molecule has 3 amide bonds. The maximum absolute atomic E-state index is 13.3. The summed E-state index contributed by atoms with van der Waals surface area (Å²) in [7, 11) is 3.49. The van der Waals surface area contributed by atoms with Gasteiger partial charge in [0, 0.05) is 36.6 Å². The van der Waals surface area contributed by atoms with E-state index in [-0.39, 0.29) is 11.4 Å². The minimum atomic E-state index is -0.658. The molecule has 0 bridgehead atoms. The van der Waals surface area contributed by atoms with E-state index < -0.39 is 11.9 Å². The minimum Gasteiger partial charge on any atom is -0.383 e. The maximum Gasteiger partial charge on any atom is 0.334 e. The minimum absolute atomic E-state index is 0.168. The molecule has 0 saturated carbocycles. The zero-order chi connectivity index (χ0) is 25.2. The van der Waals surface area contributed by atoms with E-state index in [1.807, 2.05) is 19.2 Å². The van der Waals surface area contributed by atoms with Crippen molar-refractivity contribution in [2.24, 2.45) is 5.10 Å². The van der Waals surface area contributed by atoms with Gasteiger partial charge in [-0.15, -0.1) is 0 Å². The quantitative estimate of drug-likeness (QED) is 0.329. The van der Waals surface area contributed by atoms with Crippen molar-refractivity contribution >= 4 is 47.3 Å². The van der Waals surface area contributed by atoms with Gasteiger partial charge in [-0.25, -0.2) is 14.7 Å². The standard InChI is InChI=1S/C26H26ClN5O3/c1-4-19-10-13-24(28-17-19)32(25(33)21-6-5-7-22(27)16-21)26(34)30-23-11-8-20(9-12-23)18-29-31(2)14-15-35-3/h4-13,16-18H,1,14-15H2,2-3H3,(H,30,34). The average molecular weight is 492 g/mol. The number of methoxy groups -OCH3 is 1. The van der Waals surface area contributed by atoms with Crippen LogP contribution in [-0.2, 0) is 4.74 Å². The molecule has 35 heavy (non-hydrogen) atoms. The number of halogens is 1. The molecule has 0 aliphatic carbocycles. The lowest BCUT2D eigenvalue weighted by Gasteiger charge is -2.21. The molecule has 0 saturated heterocycles. The molecular weight excluding hydrogens is 466 g/mol. The van der Waals surface area contributed by atoms with Gasteiger partial charge in [-0.2, -0.15) is 5.10 Å². The molecule has 3 rings (SSSR count). The van der Waals surface area contributed by atoms with Gasteiger partial charge < -0.3 is 10.1 Å². The number of carbonyl (C=O) groups excluding carboxylic acids is 2. The van der Waals surface area contributed by atoms with Crippen LogP contribution >= 0.6 is 11.6 Å². The Balaban J connectivity index is 1.80. The number of benzene rings is 2. The normalized spacial score (nSPS) is 10.7. The summed E-state index contributed by atoms with van der Waals surface area (Å²) >= 11 is 6.06. The number of aromatic nitrogens is 1. The van der Waals surface area contributed by atoms with E-state index in [4.69, 9.17) is 16.3 Å². The number of ether oxygens (including phenoxy) is 1. The first-order valence-corrected chi connectivity index (χ1v) is 11.1. The smallest absolute Gasteiger partial charge is 0.334 e. The van der Waals surface area contributed by atoms with Crippen LogP contribution in [0.2, 0.25) is 5.02 Å². The van der Waals surface area contributed by atoms with Gasteiger partial charge in [-0.1, -0.05) is 42.5 Å². The van der Waals surface area contributed by atoms with Gasteiger partial charge in [-0.05, 0) is 53.6 Å². The molecular formula is C26H26ClN5O3. The van der Waals surface area contributed by atoms with Crippen LogP contribution in [0.4, 0.5) is 16.3 Å². The van der Waals surface area contributed by atoms with Crippen LogP contribution in [-0.4, -0.2) is 55.5 Å². The number of urea groups is 1. The summed E-state index contributed by atoms with van der Waals surface area (Å²) in [5.74, 6) is -0.396. The highest BCUT2D eigenvalue weighted by atomic mass is 35.5. The lowest BCUT2D eigenvalue weighted by atomic mass is 10.2. The fourth-order valence-corrected chi connectivity index (χ4v) is 3.17. The van der Waals surface area contributed by atoms with Crippen molar-refractivity contribution < 1.29 is 14.3 Å². The van der Waals surface area contributed by atoms with Crippen LogP contribution in [0.3, 0.4) is 0 Å². The van der Waals surface area contributed by atoms with Crippen molar-refractivity contribution in [1.82, 2.24) is 9.99 Å². The van der Waals surface area contributed by atoms with Crippen molar-refractivity contribution in [3.8, 4) is 0 Å². The fourth-order valence-electron chi connectivity index (χ4n) is 2.98. The molecule has 1 aromatic heterocycles. The third-order valence-electron chi connectivity index (χ3n) is 4.90. The largest absolute Gasteiger partial charge is 0.383 e. The Labute approximate surface area is 209 Å². The van der Waals surface area contributed by atoms with E-state index in [1.54, 1.807) is 66.9 Å². The third-order valence-corrected chi connectivity index (χ3v) is 5.13.